The number of hydrogen-bond donors (Lipinski definition) is 1. The van der Waals surface area contributed by atoms with Gasteiger partial charge in [-0.05, 0) is 33.9 Å². The summed E-state index contributed by atoms with van der Waals surface area (Å²) in [6.45, 7) is 0.955. The molecular formula is C26H21NO4. The summed E-state index contributed by atoms with van der Waals surface area (Å²) in [6, 6.07) is 22.1. The summed E-state index contributed by atoms with van der Waals surface area (Å²) in [7, 11) is 0. The third kappa shape index (κ3) is 3.70. The quantitative estimate of drug-likeness (QED) is 0.606. The molecule has 0 radical (unpaired) electrons. The van der Waals surface area contributed by atoms with Crippen LogP contribution in [0.15, 0.2) is 72.8 Å². The number of esters is 1. The van der Waals surface area contributed by atoms with E-state index in [4.69, 9.17) is 9.47 Å². The van der Waals surface area contributed by atoms with Crippen LogP contribution in [0.5, 0.6) is 0 Å². The van der Waals surface area contributed by atoms with Crippen molar-refractivity contribution >= 4 is 18.1 Å². The van der Waals surface area contributed by atoms with Crippen LogP contribution in [0.4, 0.5) is 4.79 Å². The van der Waals surface area contributed by atoms with Crippen LogP contribution >= 0.6 is 0 Å². The molecule has 1 aliphatic heterocycles. The fraction of sp³-hybridized carbons (Fsp3) is 0.154. The number of carbonyl (C=O) groups excluding carboxylic acids is 2. The molecule has 0 aromatic heterocycles. The van der Waals surface area contributed by atoms with Gasteiger partial charge in [0.2, 0.25) is 0 Å². The summed E-state index contributed by atoms with van der Waals surface area (Å²) in [5.41, 5.74) is 7.16. The molecule has 0 fully saturated rings. The van der Waals surface area contributed by atoms with Crippen molar-refractivity contribution in [2.45, 2.75) is 12.5 Å². The zero-order valence-corrected chi connectivity index (χ0v) is 16.8. The molecule has 1 amide bonds. The molecule has 1 heterocycles. The van der Waals surface area contributed by atoms with E-state index in [0.717, 1.165) is 11.1 Å². The maximum absolute atomic E-state index is 12.2. The lowest BCUT2D eigenvalue weighted by Crippen LogP contribution is -2.26. The van der Waals surface area contributed by atoms with E-state index in [0.29, 0.717) is 18.7 Å². The van der Waals surface area contributed by atoms with E-state index in [1.165, 1.54) is 22.3 Å². The molecule has 31 heavy (non-hydrogen) atoms. The van der Waals surface area contributed by atoms with Gasteiger partial charge in [-0.15, -0.1) is 0 Å². The molecule has 154 valence electrons. The normalized spacial score (nSPS) is 14.1. The van der Waals surface area contributed by atoms with E-state index in [-0.39, 0.29) is 18.5 Å². The van der Waals surface area contributed by atoms with Gasteiger partial charge in [-0.3, -0.25) is 0 Å². The molecule has 0 saturated heterocycles. The fourth-order valence-corrected chi connectivity index (χ4v) is 4.22. The maximum atomic E-state index is 12.2. The van der Waals surface area contributed by atoms with E-state index in [1.807, 2.05) is 48.6 Å². The predicted octanol–water partition coefficient (Wildman–Crippen LogP) is 4.91. The van der Waals surface area contributed by atoms with Crippen molar-refractivity contribution in [2.24, 2.45) is 0 Å². The van der Waals surface area contributed by atoms with Gasteiger partial charge < -0.3 is 14.8 Å². The average Bonchev–Trinajstić information content (AvgIpc) is 3.33. The Morgan fingerprint density at radius 3 is 2.45 bits per heavy atom. The number of rotatable bonds is 5. The van der Waals surface area contributed by atoms with E-state index in [1.54, 1.807) is 6.07 Å². The first-order valence-corrected chi connectivity index (χ1v) is 10.3. The number of amides is 1. The number of fused-ring (bicyclic) bond motifs is 4. The van der Waals surface area contributed by atoms with Gasteiger partial charge in [0.15, 0.2) is 0 Å². The molecule has 3 aromatic rings. The van der Waals surface area contributed by atoms with E-state index in [9.17, 15) is 9.59 Å². The average molecular weight is 411 g/mol. The van der Waals surface area contributed by atoms with Crippen molar-refractivity contribution in [3.05, 3.63) is 101 Å². The molecule has 0 spiro atoms. The summed E-state index contributed by atoms with van der Waals surface area (Å²) in [6.07, 6.45) is 3.23. The van der Waals surface area contributed by atoms with Crippen LogP contribution in [-0.4, -0.2) is 25.2 Å². The SMILES string of the molecule is O=C(NCC=Cc1ccc2c(c1)C(=O)OC2)OCC1c2ccccc2-c2ccccc21. The van der Waals surface area contributed by atoms with Gasteiger partial charge in [0.1, 0.15) is 13.2 Å². The second-order valence-electron chi connectivity index (χ2n) is 7.60. The topological polar surface area (TPSA) is 64.6 Å². The highest BCUT2D eigenvalue weighted by molar-refractivity contribution is 5.94. The second kappa shape index (κ2) is 8.11. The van der Waals surface area contributed by atoms with Crippen molar-refractivity contribution in [3.63, 3.8) is 0 Å². The van der Waals surface area contributed by atoms with Crippen LogP contribution in [0.3, 0.4) is 0 Å². The molecule has 5 heteroatoms. The van der Waals surface area contributed by atoms with Crippen LogP contribution in [-0.2, 0) is 16.1 Å². The molecule has 0 saturated carbocycles. The number of ether oxygens (including phenoxy) is 2. The standard InChI is InChI=1S/C26H21NO4/c28-25-23-14-17(11-12-18(23)15-30-25)6-5-13-27-26(29)31-16-24-21-9-3-1-7-19(21)20-8-2-4-10-22(20)24/h1-12,14,24H,13,15-16H2,(H,27,29). The Morgan fingerprint density at radius 2 is 1.71 bits per heavy atom. The van der Waals surface area contributed by atoms with E-state index in [2.05, 4.69) is 29.6 Å². The van der Waals surface area contributed by atoms with Gasteiger partial charge in [0, 0.05) is 18.0 Å². The maximum Gasteiger partial charge on any atom is 0.407 e. The molecule has 3 aromatic carbocycles. The first-order chi connectivity index (χ1) is 15.2. The summed E-state index contributed by atoms with van der Waals surface area (Å²) in [5, 5.41) is 2.75. The predicted molar refractivity (Wildman–Crippen MR) is 118 cm³/mol. The summed E-state index contributed by atoms with van der Waals surface area (Å²) in [5.74, 6) is -0.248. The summed E-state index contributed by atoms with van der Waals surface area (Å²) in [4.78, 5) is 23.9. The molecule has 5 rings (SSSR count). The smallest absolute Gasteiger partial charge is 0.407 e. The highest BCUT2D eigenvalue weighted by Gasteiger charge is 2.28. The Hall–Kier alpha value is -3.86. The van der Waals surface area contributed by atoms with Crippen molar-refractivity contribution < 1.29 is 19.1 Å². The molecule has 2 aliphatic rings. The number of carbonyl (C=O) groups is 2. The molecule has 0 unspecified atom stereocenters. The Bertz CT molecular complexity index is 1150. The largest absolute Gasteiger partial charge is 0.457 e. The van der Waals surface area contributed by atoms with Gasteiger partial charge in [0.05, 0.1) is 5.56 Å². The number of cyclic esters (lactones) is 1. The summed E-state index contributed by atoms with van der Waals surface area (Å²) < 4.78 is 10.5. The van der Waals surface area contributed by atoms with E-state index < -0.39 is 6.09 Å². The van der Waals surface area contributed by atoms with Crippen molar-refractivity contribution in [1.29, 1.82) is 0 Å². The molecule has 0 atom stereocenters. The first-order valence-electron chi connectivity index (χ1n) is 10.3. The minimum Gasteiger partial charge on any atom is -0.457 e. The zero-order valence-electron chi connectivity index (χ0n) is 16.8. The Labute approximate surface area is 180 Å². The van der Waals surface area contributed by atoms with E-state index >= 15 is 0 Å². The molecular weight excluding hydrogens is 390 g/mol. The molecule has 1 N–H and O–H groups in total. The monoisotopic (exact) mass is 411 g/mol. The van der Waals surface area contributed by atoms with Crippen LogP contribution in [0, 0.1) is 0 Å². The van der Waals surface area contributed by atoms with Crippen LogP contribution in [0.25, 0.3) is 17.2 Å². The van der Waals surface area contributed by atoms with Crippen LogP contribution in [0.1, 0.15) is 38.5 Å². The van der Waals surface area contributed by atoms with Crippen molar-refractivity contribution in [3.8, 4) is 11.1 Å². The third-order valence-electron chi connectivity index (χ3n) is 5.73. The number of hydrogen-bond acceptors (Lipinski definition) is 4. The fourth-order valence-electron chi connectivity index (χ4n) is 4.22. The highest BCUT2D eigenvalue weighted by atomic mass is 16.5. The Balaban J connectivity index is 1.17. The minimum absolute atomic E-state index is 0.0415. The van der Waals surface area contributed by atoms with Crippen LogP contribution < -0.4 is 5.32 Å². The number of nitrogens with one attached hydrogen (secondary N) is 1. The van der Waals surface area contributed by atoms with Gasteiger partial charge in [-0.2, -0.15) is 0 Å². The highest BCUT2D eigenvalue weighted by Crippen LogP contribution is 2.44. The van der Waals surface area contributed by atoms with Gasteiger partial charge in [-0.1, -0.05) is 72.8 Å². The van der Waals surface area contributed by atoms with Gasteiger partial charge in [0.25, 0.3) is 0 Å². The Morgan fingerprint density at radius 1 is 1.00 bits per heavy atom. The van der Waals surface area contributed by atoms with Gasteiger partial charge in [-0.25, -0.2) is 9.59 Å². The molecule has 0 bridgehead atoms. The lowest BCUT2D eigenvalue weighted by Gasteiger charge is -2.14. The molecule has 5 nitrogen and oxygen atoms in total. The number of alkyl carbamates (subject to hydrolysis) is 1. The van der Waals surface area contributed by atoms with Crippen LogP contribution in [0.2, 0.25) is 0 Å². The number of benzene rings is 3. The lowest BCUT2D eigenvalue weighted by atomic mass is 9.98. The lowest BCUT2D eigenvalue weighted by molar-refractivity contribution is 0.0535. The van der Waals surface area contributed by atoms with Gasteiger partial charge >= 0.3 is 12.1 Å². The zero-order chi connectivity index (χ0) is 21.2. The Kier molecular flexibility index (Phi) is 5.00. The minimum atomic E-state index is -0.455. The second-order valence-corrected chi connectivity index (χ2v) is 7.60. The van der Waals surface area contributed by atoms with Crippen molar-refractivity contribution in [1.82, 2.24) is 5.32 Å². The third-order valence-corrected chi connectivity index (χ3v) is 5.73. The first kappa shape index (κ1) is 19.1. The van der Waals surface area contributed by atoms with Crippen molar-refractivity contribution in [2.75, 3.05) is 13.2 Å². The molecule has 1 aliphatic carbocycles. The summed E-state index contributed by atoms with van der Waals surface area (Å²) >= 11 is 0.